The molecule has 2 fully saturated rings. The normalized spacial score (nSPS) is 22.2. The van der Waals surface area contributed by atoms with Crippen LogP contribution in [0.4, 0.5) is 11.4 Å². The Morgan fingerprint density at radius 1 is 0.750 bits per heavy atom. The first-order valence-electron chi connectivity index (χ1n) is 10.3. The molecular formula is C25H22N2O5. The van der Waals surface area contributed by atoms with Crippen LogP contribution in [-0.4, -0.2) is 32.1 Å². The van der Waals surface area contributed by atoms with Crippen LogP contribution >= 0.6 is 0 Å². The van der Waals surface area contributed by atoms with Crippen LogP contribution in [0.1, 0.15) is 11.6 Å². The molecule has 3 aromatic carbocycles. The largest absolute Gasteiger partial charge is 0.497 e. The van der Waals surface area contributed by atoms with E-state index >= 15 is 0 Å². The van der Waals surface area contributed by atoms with Crippen molar-refractivity contribution in [1.82, 2.24) is 0 Å². The van der Waals surface area contributed by atoms with Gasteiger partial charge in [0.1, 0.15) is 17.4 Å². The number of fused-ring (bicyclic) bond motifs is 1. The van der Waals surface area contributed by atoms with Crippen LogP contribution in [0.15, 0.2) is 78.9 Å². The molecule has 0 unspecified atom stereocenters. The molecule has 3 aromatic rings. The second kappa shape index (κ2) is 8.01. The molecule has 2 amide bonds. The van der Waals surface area contributed by atoms with Gasteiger partial charge < -0.3 is 9.47 Å². The molecule has 7 heteroatoms. The Morgan fingerprint density at radius 2 is 1.44 bits per heavy atom. The highest BCUT2D eigenvalue weighted by molar-refractivity contribution is 6.24. The molecule has 0 aliphatic carbocycles. The fourth-order valence-corrected chi connectivity index (χ4v) is 4.43. The number of ether oxygens (including phenoxy) is 2. The minimum atomic E-state index is -0.931. The van der Waals surface area contributed by atoms with E-state index in [2.05, 4.69) is 0 Å². The van der Waals surface area contributed by atoms with Gasteiger partial charge in [-0.1, -0.05) is 36.4 Å². The van der Waals surface area contributed by atoms with Crippen LogP contribution in [0.2, 0.25) is 0 Å². The lowest BCUT2D eigenvalue weighted by Gasteiger charge is -2.29. The molecular weight excluding hydrogens is 408 g/mol. The molecule has 32 heavy (non-hydrogen) atoms. The van der Waals surface area contributed by atoms with Crippen molar-refractivity contribution in [3.8, 4) is 11.5 Å². The first kappa shape index (κ1) is 20.1. The molecule has 0 bridgehead atoms. The molecule has 2 aliphatic rings. The third-order valence-electron chi connectivity index (χ3n) is 5.91. The number of para-hydroxylation sites is 2. The van der Waals surface area contributed by atoms with Crippen LogP contribution in [0, 0.1) is 5.92 Å². The fraction of sp³-hybridized carbons (Fsp3) is 0.200. The number of hydroxylamine groups is 1. The van der Waals surface area contributed by atoms with E-state index in [1.807, 2.05) is 54.6 Å². The van der Waals surface area contributed by atoms with E-state index in [9.17, 15) is 9.59 Å². The van der Waals surface area contributed by atoms with Gasteiger partial charge >= 0.3 is 0 Å². The summed E-state index contributed by atoms with van der Waals surface area (Å²) in [6.45, 7) is 0. The van der Waals surface area contributed by atoms with Crippen molar-refractivity contribution >= 4 is 23.2 Å². The summed E-state index contributed by atoms with van der Waals surface area (Å²) < 4.78 is 10.8. The van der Waals surface area contributed by atoms with Crippen molar-refractivity contribution in [2.45, 2.75) is 12.1 Å². The monoisotopic (exact) mass is 430 g/mol. The van der Waals surface area contributed by atoms with Gasteiger partial charge in [0.15, 0.2) is 6.10 Å². The number of carbonyl (C=O) groups is 2. The van der Waals surface area contributed by atoms with Gasteiger partial charge in [-0.25, -0.2) is 9.96 Å². The minimum absolute atomic E-state index is 0.306. The lowest BCUT2D eigenvalue weighted by Crippen LogP contribution is -2.37. The Balaban J connectivity index is 1.59. The van der Waals surface area contributed by atoms with Crippen molar-refractivity contribution in [2.24, 2.45) is 5.92 Å². The topological polar surface area (TPSA) is 68.3 Å². The Labute approximate surface area is 185 Å². The zero-order chi connectivity index (χ0) is 22.2. The number of carbonyl (C=O) groups excluding carboxylic acids is 2. The summed E-state index contributed by atoms with van der Waals surface area (Å²) >= 11 is 0. The minimum Gasteiger partial charge on any atom is -0.497 e. The van der Waals surface area contributed by atoms with Crippen LogP contribution in [0.5, 0.6) is 11.5 Å². The van der Waals surface area contributed by atoms with Gasteiger partial charge in [-0.15, -0.1) is 0 Å². The van der Waals surface area contributed by atoms with Crippen LogP contribution in [0.3, 0.4) is 0 Å². The average Bonchev–Trinajstić information content (AvgIpc) is 3.35. The maximum Gasteiger partial charge on any atom is 0.266 e. The number of hydrogen-bond donors (Lipinski definition) is 0. The van der Waals surface area contributed by atoms with Crippen LogP contribution in [-0.2, 0) is 14.4 Å². The third kappa shape index (κ3) is 3.09. The summed E-state index contributed by atoms with van der Waals surface area (Å²) in [6.07, 6.45) is -0.931. The van der Waals surface area contributed by atoms with Gasteiger partial charge in [0, 0.05) is 5.56 Å². The van der Waals surface area contributed by atoms with Crippen molar-refractivity contribution in [1.29, 1.82) is 0 Å². The number of nitrogens with zero attached hydrogens (tertiary/aromatic N) is 2. The number of amides is 2. The average molecular weight is 430 g/mol. The van der Waals surface area contributed by atoms with Crippen molar-refractivity contribution in [2.75, 3.05) is 24.2 Å². The van der Waals surface area contributed by atoms with E-state index in [-0.39, 0.29) is 11.8 Å². The second-order valence-corrected chi connectivity index (χ2v) is 7.61. The maximum atomic E-state index is 13.6. The van der Waals surface area contributed by atoms with E-state index in [0.29, 0.717) is 17.2 Å². The number of methoxy groups -OCH3 is 2. The maximum absolute atomic E-state index is 13.6. The molecule has 2 heterocycles. The molecule has 5 rings (SSSR count). The number of imide groups is 1. The Morgan fingerprint density at radius 3 is 2.12 bits per heavy atom. The van der Waals surface area contributed by atoms with E-state index in [1.165, 1.54) is 4.90 Å². The van der Waals surface area contributed by atoms with Crippen molar-refractivity contribution < 1.29 is 23.9 Å². The summed E-state index contributed by atoms with van der Waals surface area (Å²) in [7, 11) is 3.15. The highest BCUT2D eigenvalue weighted by Gasteiger charge is 2.60. The number of benzene rings is 3. The highest BCUT2D eigenvalue weighted by atomic mass is 16.7. The molecule has 7 nitrogen and oxygen atoms in total. The number of hydrogen-bond acceptors (Lipinski definition) is 6. The molecule has 162 valence electrons. The first-order chi connectivity index (χ1) is 15.6. The molecule has 0 N–H and O–H groups in total. The summed E-state index contributed by atoms with van der Waals surface area (Å²) in [5.74, 6) is -0.138. The summed E-state index contributed by atoms with van der Waals surface area (Å²) in [5, 5.41) is 1.66. The fourth-order valence-electron chi connectivity index (χ4n) is 4.43. The molecule has 2 saturated heterocycles. The molecule has 0 aromatic heterocycles. The highest BCUT2D eigenvalue weighted by Crippen LogP contribution is 2.49. The lowest BCUT2D eigenvalue weighted by molar-refractivity contribution is -0.126. The van der Waals surface area contributed by atoms with E-state index in [4.69, 9.17) is 14.3 Å². The first-order valence-corrected chi connectivity index (χ1v) is 10.3. The summed E-state index contributed by atoms with van der Waals surface area (Å²) in [5.41, 5.74) is 2.03. The van der Waals surface area contributed by atoms with Gasteiger partial charge in [0.05, 0.1) is 31.6 Å². The van der Waals surface area contributed by atoms with Gasteiger partial charge in [-0.2, -0.15) is 0 Å². The smallest absolute Gasteiger partial charge is 0.266 e. The van der Waals surface area contributed by atoms with Gasteiger partial charge in [0.2, 0.25) is 5.91 Å². The summed E-state index contributed by atoms with van der Waals surface area (Å²) in [6, 6.07) is 23.3. The zero-order valence-corrected chi connectivity index (χ0v) is 17.7. The van der Waals surface area contributed by atoms with Crippen LogP contribution in [0.25, 0.3) is 0 Å². The lowest BCUT2D eigenvalue weighted by atomic mass is 9.90. The Hall–Kier alpha value is -3.84. The Bertz CT molecular complexity index is 1150. The van der Waals surface area contributed by atoms with Gasteiger partial charge in [-0.3, -0.25) is 14.4 Å². The van der Waals surface area contributed by atoms with E-state index < -0.39 is 18.1 Å². The standard InChI is InChI=1S/C25H22N2O5/c1-30-18-14-12-16(13-15-18)26-24(28)21-22(19-10-6-7-11-20(19)31-2)27(32-23(21)25(26)29)17-8-4-3-5-9-17/h3-15,21-23H,1-2H3/t21-,22-,23+/m0/s1. The molecule has 0 saturated carbocycles. The van der Waals surface area contributed by atoms with E-state index in [1.54, 1.807) is 43.5 Å². The molecule has 3 atom stereocenters. The zero-order valence-electron chi connectivity index (χ0n) is 17.7. The molecule has 0 spiro atoms. The van der Waals surface area contributed by atoms with Gasteiger partial charge in [0.25, 0.3) is 5.91 Å². The SMILES string of the molecule is COc1ccc(N2C(=O)[C@@H]3[C@@H](ON(c4ccccc4)[C@H]3c3ccccc3OC)C2=O)cc1. The number of anilines is 2. The van der Waals surface area contributed by atoms with E-state index in [0.717, 1.165) is 11.3 Å². The third-order valence-corrected chi connectivity index (χ3v) is 5.91. The van der Waals surface area contributed by atoms with Gasteiger partial charge in [-0.05, 0) is 42.5 Å². The Kier molecular flexibility index (Phi) is 5.03. The predicted octanol–water partition coefficient (Wildman–Crippen LogP) is 3.75. The van der Waals surface area contributed by atoms with Crippen molar-refractivity contribution in [3.05, 3.63) is 84.4 Å². The quantitative estimate of drug-likeness (QED) is 0.575. The van der Waals surface area contributed by atoms with Crippen molar-refractivity contribution in [3.63, 3.8) is 0 Å². The summed E-state index contributed by atoms with van der Waals surface area (Å²) in [4.78, 5) is 34.4. The molecule has 2 aliphatic heterocycles. The van der Waals surface area contributed by atoms with Crippen LogP contribution < -0.4 is 19.4 Å². The predicted molar refractivity (Wildman–Crippen MR) is 119 cm³/mol. The number of rotatable bonds is 5. The molecule has 0 radical (unpaired) electrons. The second-order valence-electron chi connectivity index (χ2n) is 7.61.